The van der Waals surface area contributed by atoms with Crippen LogP contribution < -0.4 is 4.74 Å². The average molecular weight is 456 g/mol. The molecule has 0 saturated carbocycles. The zero-order chi connectivity index (χ0) is 24.2. The summed E-state index contributed by atoms with van der Waals surface area (Å²) in [7, 11) is 0. The number of esters is 1. The minimum Gasteiger partial charge on any atom is -0.489 e. The number of carbonyl (C=O) groups excluding carboxylic acids is 2. The molecule has 7 nitrogen and oxygen atoms in total. The number of amides is 1. The first-order valence-corrected chi connectivity index (χ1v) is 11.2. The maximum atomic E-state index is 13.2. The van der Waals surface area contributed by atoms with Gasteiger partial charge in [0.15, 0.2) is 6.10 Å². The first-order valence-electron chi connectivity index (χ1n) is 11.2. The first kappa shape index (κ1) is 24.6. The molecule has 1 aliphatic heterocycles. The van der Waals surface area contributed by atoms with Crippen molar-refractivity contribution in [2.24, 2.45) is 0 Å². The van der Waals surface area contributed by atoms with Crippen molar-refractivity contribution in [1.29, 1.82) is 0 Å². The Labute approximate surface area is 195 Å². The van der Waals surface area contributed by atoms with Crippen LogP contribution in [0.5, 0.6) is 5.75 Å². The van der Waals surface area contributed by atoms with Crippen LogP contribution in [0.1, 0.15) is 58.7 Å². The number of benzene rings is 2. The van der Waals surface area contributed by atoms with Crippen LogP contribution in [-0.2, 0) is 25.6 Å². The molecule has 1 fully saturated rings. The highest BCUT2D eigenvalue weighted by atomic mass is 16.6. The van der Waals surface area contributed by atoms with E-state index in [2.05, 4.69) is 0 Å². The highest BCUT2D eigenvalue weighted by molar-refractivity contribution is 5.79. The van der Waals surface area contributed by atoms with E-state index in [-0.39, 0.29) is 6.61 Å². The lowest BCUT2D eigenvalue weighted by Crippen LogP contribution is -2.47. The van der Waals surface area contributed by atoms with Crippen molar-refractivity contribution in [3.8, 4) is 5.75 Å². The van der Waals surface area contributed by atoms with Gasteiger partial charge in [0.2, 0.25) is 0 Å². The van der Waals surface area contributed by atoms with E-state index in [1.54, 1.807) is 41.5 Å². The predicted octanol–water partition coefficient (Wildman–Crippen LogP) is 5.24. The number of nitrogens with zero attached hydrogens (tertiary/aromatic N) is 1. The van der Waals surface area contributed by atoms with Crippen molar-refractivity contribution in [3.05, 3.63) is 65.7 Å². The molecule has 0 unspecified atom stereocenters. The maximum absolute atomic E-state index is 13.2. The number of hydrogen-bond acceptors (Lipinski definition) is 6. The lowest BCUT2D eigenvalue weighted by atomic mass is 10.00. The average Bonchev–Trinajstić information content (AvgIpc) is 3.04. The number of hydrogen-bond donors (Lipinski definition) is 0. The molecule has 1 amide bonds. The van der Waals surface area contributed by atoms with Crippen LogP contribution in [0.4, 0.5) is 4.79 Å². The highest BCUT2D eigenvalue weighted by Gasteiger charge is 2.55. The molecule has 0 aliphatic carbocycles. The van der Waals surface area contributed by atoms with Crippen molar-refractivity contribution in [3.63, 3.8) is 0 Å². The van der Waals surface area contributed by atoms with Crippen LogP contribution in [0.2, 0.25) is 0 Å². The third-order valence-electron chi connectivity index (χ3n) is 5.14. The van der Waals surface area contributed by atoms with E-state index in [1.807, 2.05) is 54.6 Å². The fourth-order valence-corrected chi connectivity index (χ4v) is 3.77. The van der Waals surface area contributed by atoms with Crippen LogP contribution >= 0.6 is 0 Å². The standard InChI is InChI=1S/C26H33NO6/c1-7-30-23(28)22-21(27(26(5,6)32-22)24(29)33-25(2,3)4)19-13-15-20(16-14-19)31-17-18-11-9-8-10-12-18/h8-16,21-22H,7,17H2,1-6H3/t21-,22-/m1/s1. The summed E-state index contributed by atoms with van der Waals surface area (Å²) < 4.78 is 22.8. The molecule has 178 valence electrons. The molecule has 0 spiro atoms. The van der Waals surface area contributed by atoms with Gasteiger partial charge in [-0.25, -0.2) is 9.59 Å². The van der Waals surface area contributed by atoms with Crippen molar-refractivity contribution in [2.45, 2.75) is 71.6 Å². The van der Waals surface area contributed by atoms with E-state index >= 15 is 0 Å². The molecule has 1 saturated heterocycles. The fraction of sp³-hybridized carbons (Fsp3) is 0.462. The molecule has 1 heterocycles. The van der Waals surface area contributed by atoms with Crippen LogP contribution in [-0.4, -0.2) is 41.0 Å². The lowest BCUT2D eigenvalue weighted by molar-refractivity contribution is -0.161. The quantitative estimate of drug-likeness (QED) is 0.555. The van der Waals surface area contributed by atoms with Crippen LogP contribution in [0, 0.1) is 0 Å². The van der Waals surface area contributed by atoms with Crippen molar-refractivity contribution in [1.82, 2.24) is 4.90 Å². The van der Waals surface area contributed by atoms with Crippen LogP contribution in [0.3, 0.4) is 0 Å². The van der Waals surface area contributed by atoms with Gasteiger partial charge in [-0.3, -0.25) is 4.90 Å². The second-order valence-electron chi connectivity index (χ2n) is 9.38. The van der Waals surface area contributed by atoms with Gasteiger partial charge in [0.25, 0.3) is 0 Å². The molecular formula is C26H33NO6. The van der Waals surface area contributed by atoms with Gasteiger partial charge in [-0.1, -0.05) is 42.5 Å². The minimum atomic E-state index is -1.08. The zero-order valence-electron chi connectivity index (χ0n) is 20.2. The Bertz CT molecular complexity index is 949. The van der Waals surface area contributed by atoms with Gasteiger partial charge in [-0.2, -0.15) is 0 Å². The van der Waals surface area contributed by atoms with Crippen molar-refractivity contribution >= 4 is 12.1 Å². The molecule has 2 aromatic rings. The summed E-state index contributed by atoms with van der Waals surface area (Å²) in [4.78, 5) is 27.4. The summed E-state index contributed by atoms with van der Waals surface area (Å²) in [6, 6.07) is 16.5. The summed E-state index contributed by atoms with van der Waals surface area (Å²) in [5, 5.41) is 0. The lowest BCUT2D eigenvalue weighted by Gasteiger charge is -2.35. The van der Waals surface area contributed by atoms with E-state index in [0.29, 0.717) is 12.4 Å². The smallest absolute Gasteiger partial charge is 0.413 e. The maximum Gasteiger partial charge on any atom is 0.413 e. The van der Waals surface area contributed by atoms with Gasteiger partial charge >= 0.3 is 12.1 Å². The van der Waals surface area contributed by atoms with E-state index in [9.17, 15) is 9.59 Å². The Morgan fingerprint density at radius 3 is 2.24 bits per heavy atom. The minimum absolute atomic E-state index is 0.213. The monoisotopic (exact) mass is 455 g/mol. The van der Waals surface area contributed by atoms with E-state index < -0.39 is 35.5 Å². The SMILES string of the molecule is CCOC(=O)[C@@H]1OC(C)(C)N(C(=O)OC(C)(C)C)[C@@H]1c1ccc(OCc2ccccc2)cc1. The van der Waals surface area contributed by atoms with E-state index in [1.165, 1.54) is 4.90 Å². The highest BCUT2D eigenvalue weighted by Crippen LogP contribution is 2.43. The summed E-state index contributed by atoms with van der Waals surface area (Å²) in [5.74, 6) is 0.156. The van der Waals surface area contributed by atoms with Gasteiger partial charge in [-0.15, -0.1) is 0 Å². The van der Waals surface area contributed by atoms with Crippen molar-refractivity contribution in [2.75, 3.05) is 6.61 Å². The Balaban J connectivity index is 1.88. The second kappa shape index (κ2) is 9.83. The third-order valence-corrected chi connectivity index (χ3v) is 5.14. The molecule has 33 heavy (non-hydrogen) atoms. The number of carbonyl (C=O) groups is 2. The number of rotatable bonds is 6. The second-order valence-corrected chi connectivity index (χ2v) is 9.38. The zero-order valence-corrected chi connectivity index (χ0v) is 20.2. The molecular weight excluding hydrogens is 422 g/mol. The molecule has 0 N–H and O–H groups in total. The predicted molar refractivity (Wildman–Crippen MR) is 124 cm³/mol. The van der Waals surface area contributed by atoms with Gasteiger partial charge in [0.1, 0.15) is 29.7 Å². The molecule has 0 bridgehead atoms. The number of ether oxygens (including phenoxy) is 4. The molecule has 7 heteroatoms. The van der Waals surface area contributed by atoms with Crippen molar-refractivity contribution < 1.29 is 28.5 Å². The first-order chi connectivity index (χ1) is 15.5. The molecule has 3 rings (SSSR count). The third kappa shape index (κ3) is 6.05. The molecule has 2 atom stereocenters. The Morgan fingerprint density at radius 1 is 1.03 bits per heavy atom. The fourth-order valence-electron chi connectivity index (χ4n) is 3.77. The molecule has 2 aromatic carbocycles. The largest absolute Gasteiger partial charge is 0.489 e. The van der Waals surface area contributed by atoms with Gasteiger partial charge in [0, 0.05) is 0 Å². The summed E-state index contributed by atoms with van der Waals surface area (Å²) >= 11 is 0. The van der Waals surface area contributed by atoms with Crippen LogP contribution in [0.25, 0.3) is 0 Å². The summed E-state index contributed by atoms with van der Waals surface area (Å²) in [6.45, 7) is 11.3. The van der Waals surface area contributed by atoms with E-state index in [4.69, 9.17) is 18.9 Å². The van der Waals surface area contributed by atoms with Crippen LogP contribution in [0.15, 0.2) is 54.6 Å². The molecule has 1 aliphatic rings. The summed E-state index contributed by atoms with van der Waals surface area (Å²) in [5.41, 5.74) is 0.00411. The summed E-state index contributed by atoms with van der Waals surface area (Å²) in [6.07, 6.45) is -1.54. The normalized spacial score (nSPS) is 19.8. The topological polar surface area (TPSA) is 74.3 Å². The van der Waals surface area contributed by atoms with Gasteiger partial charge < -0.3 is 18.9 Å². The molecule has 0 aromatic heterocycles. The van der Waals surface area contributed by atoms with E-state index in [0.717, 1.165) is 11.1 Å². The Morgan fingerprint density at radius 2 is 1.67 bits per heavy atom. The Kier molecular flexibility index (Phi) is 7.32. The van der Waals surface area contributed by atoms with Gasteiger partial charge in [-0.05, 0) is 64.8 Å². The molecule has 0 radical (unpaired) electrons. The van der Waals surface area contributed by atoms with Gasteiger partial charge in [0.05, 0.1) is 6.61 Å². The Hall–Kier alpha value is -3.06.